The van der Waals surface area contributed by atoms with Crippen LogP contribution in [0.4, 0.5) is 0 Å². The van der Waals surface area contributed by atoms with E-state index < -0.39 is 0 Å². The summed E-state index contributed by atoms with van der Waals surface area (Å²) in [6.45, 7) is 0. The highest BCUT2D eigenvalue weighted by molar-refractivity contribution is 7.27. The molecule has 0 aliphatic rings. The van der Waals surface area contributed by atoms with Crippen LogP contribution in [0, 0.1) is 0 Å². The highest BCUT2D eigenvalue weighted by Gasteiger charge is 2.24. The Bertz CT molecular complexity index is 10100. The van der Waals surface area contributed by atoms with Gasteiger partial charge in [0.15, 0.2) is 0 Å². The SMILES string of the molecule is c1ccc(-c2cc(-c3ccccc3)c3sc4c(-c5cccc(-c6cc7ccccc7c7ccccc67)c5)cc(-c5ccccc5)cc4c3c2)cc1.c1ccc(-c2cccc3c2sc2c(-c4cccc(-c5cc6ccccc6c6ccccc56)c4)cccc23)cc1.c1ccc2c(-c3ccc4sc5c(-c6ccc(-c7cc8ccccc8c8ccccc78)cc6)cc(-c6cccc7ccccc67)cc5c4c3)cccc2c1. The molecule has 0 bridgehead atoms. The summed E-state index contributed by atoms with van der Waals surface area (Å²) in [6, 6.07) is 196. The maximum Gasteiger partial charge on any atom is 0.0434 e. The van der Waals surface area contributed by atoms with E-state index in [0.29, 0.717) is 0 Å². The average Bonchev–Trinajstić information content (AvgIpc) is 1.60. The zero-order valence-electron chi connectivity index (χ0n) is 78.0. The molecule has 666 valence electrons. The third-order valence-corrected chi connectivity index (χ3v) is 32.9. The molecule has 0 saturated carbocycles. The van der Waals surface area contributed by atoms with Crippen LogP contribution >= 0.6 is 34.0 Å². The van der Waals surface area contributed by atoms with E-state index in [9.17, 15) is 0 Å². The minimum Gasteiger partial charge on any atom is -0.135 e. The standard InChI is InChI=1S/C52H32S.C50H32S.C38H24S/c1-4-16-40-33(11-1)14-9-21-42(40)38-27-28-51-49(30-38)50-32-39(44-22-10-15-34-12-2-5-17-41(34)44)31-48(52(50)53-51)36-25-23-35(24-26-36)47-29-37-13-3-6-18-43(37)45-19-7-8-20-46(45)47;1-4-15-33(16-5-1)39-29-45(35-19-8-3-9-20-35)49-47(31-39)48-32-40(34-17-6-2-7-18-34)30-46(50(48)51-49)37-23-14-22-36(27-37)44-28-38-21-10-11-24-41(38)42-25-12-13-26-43(42)44;1-2-11-25(12-3-1)30-19-9-21-34-35-22-10-20-31(38(35)39-37(30)34)26-14-8-15-27(23-26)36-24-28-13-4-5-16-29(28)32-17-6-7-18-33(32)36/h1-32H;1-32H;1-24H. The molecule has 0 saturated heterocycles. The molecule has 29 rings (SSSR count). The normalized spacial score (nSPS) is 11.6. The van der Waals surface area contributed by atoms with Gasteiger partial charge in [-0.2, -0.15) is 0 Å². The molecule has 0 N–H and O–H groups in total. The second-order valence-electron chi connectivity index (χ2n) is 37.4. The monoisotopic (exact) mass is 1860 g/mol. The van der Waals surface area contributed by atoms with Gasteiger partial charge in [0.2, 0.25) is 0 Å². The Morgan fingerprint density at radius 3 is 0.790 bits per heavy atom. The summed E-state index contributed by atoms with van der Waals surface area (Å²) in [4.78, 5) is 0. The third-order valence-electron chi connectivity index (χ3n) is 29.1. The van der Waals surface area contributed by atoms with Gasteiger partial charge in [0.1, 0.15) is 0 Å². The van der Waals surface area contributed by atoms with E-state index in [0.717, 1.165) is 0 Å². The first-order valence-electron chi connectivity index (χ1n) is 49.1. The lowest BCUT2D eigenvalue weighted by molar-refractivity contribution is 1.62. The van der Waals surface area contributed by atoms with Crippen molar-refractivity contribution in [3.63, 3.8) is 0 Å². The smallest absolute Gasteiger partial charge is 0.0434 e. The lowest BCUT2D eigenvalue weighted by atomic mass is 9.90. The van der Waals surface area contributed by atoms with Crippen LogP contribution in [-0.4, -0.2) is 0 Å². The van der Waals surface area contributed by atoms with Crippen molar-refractivity contribution >= 4 is 181 Å². The first kappa shape index (κ1) is 84.7. The maximum absolute atomic E-state index is 2.43. The zero-order valence-corrected chi connectivity index (χ0v) is 80.5. The summed E-state index contributed by atoms with van der Waals surface area (Å²) < 4.78 is 7.95. The Balaban J connectivity index is 0.000000108. The predicted molar refractivity (Wildman–Crippen MR) is 623 cm³/mol. The lowest BCUT2D eigenvalue weighted by Gasteiger charge is -2.13. The van der Waals surface area contributed by atoms with Crippen LogP contribution in [0.15, 0.2) is 534 Å². The molecule has 0 atom stereocenters. The van der Waals surface area contributed by atoms with Gasteiger partial charge < -0.3 is 0 Å². The van der Waals surface area contributed by atoms with E-state index in [1.54, 1.807) is 0 Å². The fourth-order valence-corrected chi connectivity index (χ4v) is 26.2. The molecule has 3 heterocycles. The van der Waals surface area contributed by atoms with Crippen molar-refractivity contribution in [2.45, 2.75) is 0 Å². The average molecular weight is 1870 g/mol. The van der Waals surface area contributed by atoms with Crippen LogP contribution < -0.4 is 0 Å². The fraction of sp³-hybridized carbons (Fsp3) is 0. The van der Waals surface area contributed by atoms with Crippen molar-refractivity contribution < 1.29 is 0 Å². The molecule has 0 spiro atoms. The molecule has 26 aromatic carbocycles. The molecule has 0 fully saturated rings. The van der Waals surface area contributed by atoms with Gasteiger partial charge in [-0.05, 0) is 282 Å². The summed E-state index contributed by atoms with van der Waals surface area (Å²) in [7, 11) is 0. The van der Waals surface area contributed by atoms with E-state index in [2.05, 4.69) is 534 Å². The Hall–Kier alpha value is -17.5. The fourth-order valence-electron chi connectivity index (χ4n) is 22.3. The van der Waals surface area contributed by atoms with E-state index in [1.165, 1.54) is 280 Å². The number of hydrogen-bond acceptors (Lipinski definition) is 3. The van der Waals surface area contributed by atoms with Crippen molar-refractivity contribution in [2.24, 2.45) is 0 Å². The molecule has 143 heavy (non-hydrogen) atoms. The number of rotatable bonds is 12. The van der Waals surface area contributed by atoms with Gasteiger partial charge in [0.25, 0.3) is 0 Å². The lowest BCUT2D eigenvalue weighted by Crippen LogP contribution is -1.87. The van der Waals surface area contributed by atoms with E-state index in [4.69, 9.17) is 0 Å². The first-order chi connectivity index (χ1) is 70.9. The van der Waals surface area contributed by atoms with Crippen LogP contribution in [0.25, 0.3) is 280 Å². The van der Waals surface area contributed by atoms with Crippen molar-refractivity contribution in [3.8, 4) is 134 Å². The highest BCUT2D eigenvalue weighted by Crippen LogP contribution is 2.53. The Kier molecular flexibility index (Phi) is 21.3. The Morgan fingerprint density at radius 2 is 0.336 bits per heavy atom. The summed E-state index contributed by atoms with van der Waals surface area (Å²) >= 11 is 5.73. The molecular formula is C140H88S3. The molecular weight excluding hydrogens is 1780 g/mol. The minimum absolute atomic E-state index is 1.22. The number of fused-ring (bicyclic) bond motifs is 20. The van der Waals surface area contributed by atoms with Crippen molar-refractivity contribution in [3.05, 3.63) is 534 Å². The molecule has 3 aromatic heterocycles. The Labute approximate surface area is 841 Å². The van der Waals surface area contributed by atoms with Crippen LogP contribution in [-0.2, 0) is 0 Å². The van der Waals surface area contributed by atoms with E-state index >= 15 is 0 Å². The second-order valence-corrected chi connectivity index (χ2v) is 40.5. The van der Waals surface area contributed by atoms with Crippen LogP contribution in [0.3, 0.4) is 0 Å². The Morgan fingerprint density at radius 1 is 0.0909 bits per heavy atom. The number of hydrogen-bond donors (Lipinski definition) is 0. The van der Waals surface area contributed by atoms with Gasteiger partial charge >= 0.3 is 0 Å². The van der Waals surface area contributed by atoms with E-state index in [1.807, 2.05) is 34.0 Å². The molecule has 0 nitrogen and oxygen atoms in total. The topological polar surface area (TPSA) is 0 Å². The predicted octanol–water partition coefficient (Wildman–Crippen LogP) is 41.4. The first-order valence-corrected chi connectivity index (χ1v) is 51.6. The molecule has 0 radical (unpaired) electrons. The largest absolute Gasteiger partial charge is 0.135 e. The van der Waals surface area contributed by atoms with Gasteiger partial charge in [-0.15, -0.1) is 34.0 Å². The highest BCUT2D eigenvalue weighted by atomic mass is 32.1. The van der Waals surface area contributed by atoms with Crippen molar-refractivity contribution in [1.82, 2.24) is 0 Å². The van der Waals surface area contributed by atoms with Crippen LogP contribution in [0.5, 0.6) is 0 Å². The minimum atomic E-state index is 1.22. The third kappa shape index (κ3) is 15.3. The molecule has 29 aromatic rings. The maximum atomic E-state index is 2.43. The van der Waals surface area contributed by atoms with E-state index in [-0.39, 0.29) is 0 Å². The van der Waals surface area contributed by atoms with Crippen LogP contribution in [0.2, 0.25) is 0 Å². The molecule has 3 heteroatoms. The van der Waals surface area contributed by atoms with Gasteiger partial charge in [-0.1, -0.05) is 455 Å². The summed E-state index contributed by atoms with van der Waals surface area (Å²) in [5.41, 5.74) is 30.1. The van der Waals surface area contributed by atoms with Gasteiger partial charge in [0.05, 0.1) is 0 Å². The molecule has 0 unspecified atom stereocenters. The molecule has 0 aliphatic carbocycles. The summed E-state index contributed by atoms with van der Waals surface area (Å²) in [6.07, 6.45) is 0. The summed E-state index contributed by atoms with van der Waals surface area (Å²) in [5, 5.41) is 28.4. The molecule has 0 amide bonds. The quantitative estimate of drug-likeness (QED) is 0.107. The summed E-state index contributed by atoms with van der Waals surface area (Å²) in [5.74, 6) is 0. The number of thiophene rings is 3. The van der Waals surface area contributed by atoms with Gasteiger partial charge in [0, 0.05) is 77.2 Å². The van der Waals surface area contributed by atoms with Crippen LogP contribution in [0.1, 0.15) is 0 Å². The molecule has 0 aliphatic heterocycles. The van der Waals surface area contributed by atoms with Crippen molar-refractivity contribution in [1.29, 1.82) is 0 Å². The zero-order chi connectivity index (χ0) is 94.4. The second kappa shape index (κ2) is 36.0. The van der Waals surface area contributed by atoms with Gasteiger partial charge in [-0.25, -0.2) is 0 Å². The van der Waals surface area contributed by atoms with Crippen molar-refractivity contribution in [2.75, 3.05) is 0 Å². The number of benzene rings is 26. The van der Waals surface area contributed by atoms with Gasteiger partial charge in [-0.3, -0.25) is 0 Å².